The number of imidazole rings is 1. The van der Waals surface area contributed by atoms with Gasteiger partial charge < -0.3 is 4.98 Å². The highest BCUT2D eigenvalue weighted by atomic mass is 32.2. The maximum absolute atomic E-state index is 4.55. The van der Waals surface area contributed by atoms with E-state index in [0.717, 1.165) is 17.0 Å². The zero-order valence-corrected chi connectivity index (χ0v) is 9.47. The molecule has 0 aliphatic carbocycles. The maximum Gasteiger partial charge on any atom is 0.177 e. The predicted octanol–water partition coefficient (Wildman–Crippen LogP) is 2.83. The molecule has 0 radical (unpaired) electrons. The Morgan fingerprint density at radius 1 is 1.53 bits per heavy atom. The van der Waals surface area contributed by atoms with Gasteiger partial charge in [-0.3, -0.25) is 0 Å². The van der Waals surface area contributed by atoms with E-state index in [9.17, 15) is 0 Å². The van der Waals surface area contributed by atoms with Crippen molar-refractivity contribution in [1.29, 1.82) is 0 Å². The summed E-state index contributed by atoms with van der Waals surface area (Å²) in [6.45, 7) is 2.05. The van der Waals surface area contributed by atoms with Crippen LogP contribution in [-0.2, 0) is 0 Å². The molecule has 1 aliphatic rings. The van der Waals surface area contributed by atoms with E-state index in [1.54, 1.807) is 0 Å². The molecule has 1 unspecified atom stereocenters. The number of fused-ring (bicyclic) bond motifs is 1. The van der Waals surface area contributed by atoms with Crippen molar-refractivity contribution in [3.8, 4) is 0 Å². The van der Waals surface area contributed by atoms with Crippen LogP contribution in [0.4, 0.5) is 0 Å². The molecule has 2 aromatic heterocycles. The maximum atomic E-state index is 4.55. The van der Waals surface area contributed by atoms with E-state index < -0.39 is 0 Å². The van der Waals surface area contributed by atoms with E-state index in [-0.39, 0.29) is 0 Å². The highest BCUT2D eigenvalue weighted by Crippen LogP contribution is 2.38. The van der Waals surface area contributed by atoms with Gasteiger partial charge in [-0.15, -0.1) is 0 Å². The normalized spacial score (nSPS) is 21.3. The fourth-order valence-electron chi connectivity index (χ4n) is 1.97. The van der Waals surface area contributed by atoms with Gasteiger partial charge in [-0.25, -0.2) is 9.97 Å². The highest BCUT2D eigenvalue weighted by Gasteiger charge is 2.21. The number of aromatic nitrogens is 3. The molecule has 4 heteroatoms. The van der Waals surface area contributed by atoms with Crippen LogP contribution in [0.25, 0.3) is 11.2 Å². The lowest BCUT2D eigenvalue weighted by Crippen LogP contribution is -1.90. The van der Waals surface area contributed by atoms with E-state index in [0.29, 0.717) is 5.25 Å². The Hall–Kier alpha value is -1.03. The number of H-pyrrole nitrogens is 1. The summed E-state index contributed by atoms with van der Waals surface area (Å²) in [6, 6.07) is 2.11. The van der Waals surface area contributed by atoms with Crippen LogP contribution in [0.2, 0.25) is 0 Å². The third-order valence-corrected chi connectivity index (χ3v) is 4.11. The van der Waals surface area contributed by atoms with Crippen molar-refractivity contribution < 1.29 is 0 Å². The summed E-state index contributed by atoms with van der Waals surface area (Å²) < 4.78 is 0. The molecular formula is C11H13N3S. The lowest BCUT2D eigenvalue weighted by atomic mass is 10.2. The summed E-state index contributed by atoms with van der Waals surface area (Å²) in [5, 5.41) is 0.555. The second-order valence-electron chi connectivity index (χ2n) is 4.01. The van der Waals surface area contributed by atoms with Crippen LogP contribution >= 0.6 is 11.8 Å². The molecule has 0 aromatic carbocycles. The molecule has 78 valence electrons. The number of pyridine rings is 1. The first-order valence-electron chi connectivity index (χ1n) is 5.27. The number of aromatic amines is 1. The highest BCUT2D eigenvalue weighted by molar-refractivity contribution is 7.99. The van der Waals surface area contributed by atoms with Gasteiger partial charge in [0, 0.05) is 6.20 Å². The minimum atomic E-state index is 0.555. The fraction of sp³-hybridized carbons (Fsp3) is 0.455. The number of nitrogens with zero attached hydrogens (tertiary/aromatic N) is 2. The Kier molecular flexibility index (Phi) is 2.16. The largest absolute Gasteiger partial charge is 0.340 e. The monoisotopic (exact) mass is 219 g/mol. The predicted molar refractivity (Wildman–Crippen MR) is 63.1 cm³/mol. The number of rotatable bonds is 1. The zero-order chi connectivity index (χ0) is 10.3. The van der Waals surface area contributed by atoms with Crippen LogP contribution in [0.3, 0.4) is 0 Å². The van der Waals surface area contributed by atoms with Gasteiger partial charge >= 0.3 is 0 Å². The zero-order valence-electron chi connectivity index (χ0n) is 8.66. The van der Waals surface area contributed by atoms with E-state index in [2.05, 4.69) is 27.9 Å². The number of hydrogen-bond acceptors (Lipinski definition) is 3. The van der Waals surface area contributed by atoms with Crippen molar-refractivity contribution in [3.05, 3.63) is 23.7 Å². The molecule has 3 heterocycles. The summed E-state index contributed by atoms with van der Waals surface area (Å²) in [5.74, 6) is 2.36. The minimum Gasteiger partial charge on any atom is -0.340 e. The standard InChI is InChI=1S/C11H13N3S/c1-7-5-8-10(12-6-7)14-11(13-8)9-3-2-4-15-9/h5-6,9H,2-4H2,1H3,(H,12,13,14). The first kappa shape index (κ1) is 9.21. The SMILES string of the molecule is Cc1cnc2nc(C3CCCS3)[nH]c2c1. The molecule has 0 saturated carbocycles. The number of thioether (sulfide) groups is 1. The van der Waals surface area contributed by atoms with Crippen LogP contribution in [-0.4, -0.2) is 20.7 Å². The Labute approximate surface area is 92.7 Å². The molecular weight excluding hydrogens is 206 g/mol. The average Bonchev–Trinajstić information content (AvgIpc) is 2.84. The van der Waals surface area contributed by atoms with Crippen LogP contribution < -0.4 is 0 Å². The quantitative estimate of drug-likeness (QED) is 0.802. The van der Waals surface area contributed by atoms with Gasteiger partial charge in [0.15, 0.2) is 5.65 Å². The van der Waals surface area contributed by atoms with Crippen LogP contribution in [0.1, 0.15) is 29.5 Å². The number of hydrogen-bond donors (Lipinski definition) is 1. The summed E-state index contributed by atoms with van der Waals surface area (Å²) >= 11 is 1.99. The molecule has 2 aromatic rings. The van der Waals surface area contributed by atoms with Crippen LogP contribution in [0.5, 0.6) is 0 Å². The fourth-order valence-corrected chi connectivity index (χ4v) is 3.19. The third kappa shape index (κ3) is 1.63. The summed E-state index contributed by atoms with van der Waals surface area (Å²) in [7, 11) is 0. The second-order valence-corrected chi connectivity index (χ2v) is 5.32. The Morgan fingerprint density at radius 2 is 2.47 bits per heavy atom. The molecule has 0 amide bonds. The van der Waals surface area contributed by atoms with E-state index in [4.69, 9.17) is 0 Å². The van der Waals surface area contributed by atoms with Crippen LogP contribution in [0.15, 0.2) is 12.3 Å². The molecule has 3 nitrogen and oxygen atoms in total. The Bertz CT molecular complexity index is 486. The first-order chi connectivity index (χ1) is 7.33. The van der Waals surface area contributed by atoms with Crippen molar-refractivity contribution in [1.82, 2.24) is 15.0 Å². The van der Waals surface area contributed by atoms with Crippen molar-refractivity contribution in [2.45, 2.75) is 25.0 Å². The van der Waals surface area contributed by atoms with E-state index in [1.165, 1.54) is 24.2 Å². The molecule has 15 heavy (non-hydrogen) atoms. The molecule has 1 fully saturated rings. The number of nitrogens with one attached hydrogen (secondary N) is 1. The topological polar surface area (TPSA) is 41.6 Å². The molecule has 0 bridgehead atoms. The molecule has 3 rings (SSSR count). The number of aryl methyl sites for hydroxylation is 1. The summed E-state index contributed by atoms with van der Waals surface area (Å²) in [4.78, 5) is 12.3. The molecule has 0 spiro atoms. The molecule has 1 N–H and O–H groups in total. The molecule has 1 saturated heterocycles. The van der Waals surface area contributed by atoms with Crippen molar-refractivity contribution >= 4 is 22.9 Å². The van der Waals surface area contributed by atoms with Gasteiger partial charge in [0.1, 0.15) is 5.82 Å². The Balaban J connectivity index is 2.05. The van der Waals surface area contributed by atoms with E-state index >= 15 is 0 Å². The minimum absolute atomic E-state index is 0.555. The Morgan fingerprint density at radius 3 is 3.27 bits per heavy atom. The first-order valence-corrected chi connectivity index (χ1v) is 6.32. The van der Waals surface area contributed by atoms with Gasteiger partial charge in [-0.1, -0.05) is 0 Å². The van der Waals surface area contributed by atoms with E-state index in [1.807, 2.05) is 18.0 Å². The smallest absolute Gasteiger partial charge is 0.177 e. The lowest BCUT2D eigenvalue weighted by molar-refractivity contribution is 0.792. The van der Waals surface area contributed by atoms with Crippen molar-refractivity contribution in [3.63, 3.8) is 0 Å². The van der Waals surface area contributed by atoms with Gasteiger partial charge in [-0.05, 0) is 37.1 Å². The van der Waals surface area contributed by atoms with Crippen molar-refractivity contribution in [2.24, 2.45) is 0 Å². The lowest BCUT2D eigenvalue weighted by Gasteiger charge is -2.01. The van der Waals surface area contributed by atoms with Gasteiger partial charge in [-0.2, -0.15) is 11.8 Å². The summed E-state index contributed by atoms with van der Waals surface area (Å²) in [5.41, 5.74) is 3.09. The van der Waals surface area contributed by atoms with Crippen molar-refractivity contribution in [2.75, 3.05) is 5.75 Å². The van der Waals surface area contributed by atoms with Gasteiger partial charge in [0.2, 0.25) is 0 Å². The van der Waals surface area contributed by atoms with Gasteiger partial charge in [0.25, 0.3) is 0 Å². The third-order valence-electron chi connectivity index (χ3n) is 2.73. The molecule has 1 aliphatic heterocycles. The molecule has 1 atom stereocenters. The second kappa shape index (κ2) is 3.52. The van der Waals surface area contributed by atoms with Crippen LogP contribution in [0, 0.1) is 6.92 Å². The average molecular weight is 219 g/mol. The summed E-state index contributed by atoms with van der Waals surface area (Å²) in [6.07, 6.45) is 4.41. The van der Waals surface area contributed by atoms with Gasteiger partial charge in [0.05, 0.1) is 10.8 Å².